The summed E-state index contributed by atoms with van der Waals surface area (Å²) >= 11 is 1.41. The van der Waals surface area contributed by atoms with Crippen LogP contribution in [0.25, 0.3) is 0 Å². The maximum absolute atomic E-state index is 12.9. The van der Waals surface area contributed by atoms with E-state index >= 15 is 0 Å². The number of amides is 1. The third kappa shape index (κ3) is 7.16. The van der Waals surface area contributed by atoms with Crippen LogP contribution < -0.4 is 14.8 Å². The number of hydrogen-bond donors (Lipinski definition) is 1. The van der Waals surface area contributed by atoms with Gasteiger partial charge in [0.1, 0.15) is 24.2 Å². The van der Waals surface area contributed by atoms with E-state index < -0.39 is 0 Å². The van der Waals surface area contributed by atoms with Crippen LogP contribution in [0.15, 0.2) is 88.7 Å². The molecule has 1 amide bonds. The highest BCUT2D eigenvalue weighted by Gasteiger charge is 2.13. The number of allylic oxidation sites excluding steroid dienone is 1. The minimum atomic E-state index is -0.230. The SMILES string of the molecule is CCCCC=CCOc1ccc(C(=O)Nc2ccc(OC)cc2Sc2ccccc2C#N)cc1. The van der Waals surface area contributed by atoms with Gasteiger partial charge in [0.15, 0.2) is 0 Å². The summed E-state index contributed by atoms with van der Waals surface area (Å²) in [5.74, 6) is 1.15. The third-order valence-electron chi connectivity index (χ3n) is 5.02. The van der Waals surface area contributed by atoms with Gasteiger partial charge >= 0.3 is 0 Å². The van der Waals surface area contributed by atoms with Crippen LogP contribution in [0.1, 0.15) is 42.1 Å². The van der Waals surface area contributed by atoms with E-state index in [2.05, 4.69) is 24.4 Å². The van der Waals surface area contributed by atoms with Crippen molar-refractivity contribution in [2.45, 2.75) is 36.0 Å². The van der Waals surface area contributed by atoms with Gasteiger partial charge in [-0.3, -0.25) is 4.79 Å². The van der Waals surface area contributed by atoms with Gasteiger partial charge < -0.3 is 14.8 Å². The van der Waals surface area contributed by atoms with E-state index in [1.54, 1.807) is 49.6 Å². The lowest BCUT2D eigenvalue weighted by molar-refractivity contribution is 0.102. The predicted octanol–water partition coefficient (Wildman–Crippen LogP) is 7.10. The Hall–Kier alpha value is -3.69. The van der Waals surface area contributed by atoms with Gasteiger partial charge in [0.05, 0.1) is 18.4 Å². The molecular weight excluding hydrogens is 444 g/mol. The molecule has 1 N–H and O–H groups in total. The Morgan fingerprint density at radius 1 is 1.03 bits per heavy atom. The van der Waals surface area contributed by atoms with Crippen molar-refractivity contribution in [3.05, 3.63) is 90.0 Å². The van der Waals surface area contributed by atoms with Crippen molar-refractivity contribution in [1.82, 2.24) is 0 Å². The van der Waals surface area contributed by atoms with E-state index in [0.717, 1.165) is 16.2 Å². The van der Waals surface area contributed by atoms with Gasteiger partial charge in [-0.25, -0.2) is 0 Å². The van der Waals surface area contributed by atoms with Crippen LogP contribution in [0, 0.1) is 11.3 Å². The number of anilines is 1. The highest BCUT2D eigenvalue weighted by molar-refractivity contribution is 7.99. The summed E-state index contributed by atoms with van der Waals surface area (Å²) in [6.45, 7) is 2.68. The average Bonchev–Trinajstić information content (AvgIpc) is 2.87. The number of nitrogens with one attached hydrogen (secondary N) is 1. The number of benzene rings is 3. The molecule has 0 aromatic heterocycles. The normalized spacial score (nSPS) is 10.6. The number of nitriles is 1. The van der Waals surface area contributed by atoms with Crippen molar-refractivity contribution in [3.8, 4) is 17.6 Å². The molecule has 174 valence electrons. The maximum Gasteiger partial charge on any atom is 0.255 e. The number of carbonyl (C=O) groups excluding carboxylic acids is 1. The lowest BCUT2D eigenvalue weighted by Crippen LogP contribution is -2.12. The van der Waals surface area contributed by atoms with Crippen LogP contribution in [0.2, 0.25) is 0 Å². The van der Waals surface area contributed by atoms with Crippen molar-refractivity contribution < 1.29 is 14.3 Å². The first kappa shape index (κ1) is 24.9. The van der Waals surface area contributed by atoms with Crippen LogP contribution in [0.3, 0.4) is 0 Å². The standard InChI is InChI=1S/C28H28N2O3S/c1-3-4-5-6-9-18-33-23-14-12-21(13-15-23)28(31)30-25-17-16-24(32-2)19-27(25)34-26-11-8-7-10-22(26)20-29/h6-17,19H,3-5,18H2,1-2H3,(H,30,31). The molecule has 0 aliphatic carbocycles. The molecule has 0 saturated heterocycles. The molecule has 0 aliphatic rings. The number of methoxy groups -OCH3 is 1. The van der Waals surface area contributed by atoms with Crippen molar-refractivity contribution in [3.63, 3.8) is 0 Å². The third-order valence-corrected chi connectivity index (χ3v) is 6.15. The summed E-state index contributed by atoms with van der Waals surface area (Å²) in [4.78, 5) is 14.5. The van der Waals surface area contributed by atoms with Crippen LogP contribution in [-0.2, 0) is 0 Å². The molecular formula is C28H28N2O3S. The first-order valence-electron chi connectivity index (χ1n) is 11.2. The summed E-state index contributed by atoms with van der Waals surface area (Å²) in [6.07, 6.45) is 7.57. The van der Waals surface area contributed by atoms with E-state index in [0.29, 0.717) is 34.9 Å². The molecule has 3 aromatic rings. The van der Waals surface area contributed by atoms with Crippen molar-refractivity contribution in [2.75, 3.05) is 19.0 Å². The molecule has 0 fully saturated rings. The molecule has 0 radical (unpaired) electrons. The van der Waals surface area contributed by atoms with Gasteiger partial charge in [-0.2, -0.15) is 5.26 Å². The quantitative estimate of drug-likeness (QED) is 0.238. The number of carbonyl (C=O) groups is 1. The molecule has 0 heterocycles. The van der Waals surface area contributed by atoms with E-state index in [4.69, 9.17) is 9.47 Å². The first-order valence-corrected chi connectivity index (χ1v) is 12.0. The second-order valence-electron chi connectivity index (χ2n) is 7.48. The fourth-order valence-electron chi connectivity index (χ4n) is 3.13. The zero-order valence-corrected chi connectivity index (χ0v) is 20.2. The number of ether oxygens (including phenoxy) is 2. The molecule has 6 heteroatoms. The lowest BCUT2D eigenvalue weighted by Gasteiger charge is -2.13. The highest BCUT2D eigenvalue weighted by atomic mass is 32.2. The van der Waals surface area contributed by atoms with Gasteiger partial charge in [0.2, 0.25) is 0 Å². The predicted molar refractivity (Wildman–Crippen MR) is 137 cm³/mol. The summed E-state index contributed by atoms with van der Waals surface area (Å²) < 4.78 is 11.1. The first-order chi connectivity index (χ1) is 16.6. The minimum absolute atomic E-state index is 0.230. The number of hydrogen-bond acceptors (Lipinski definition) is 5. The van der Waals surface area contributed by atoms with Crippen LogP contribution in [-0.4, -0.2) is 19.6 Å². The van der Waals surface area contributed by atoms with Crippen LogP contribution in [0.4, 0.5) is 5.69 Å². The summed E-state index contributed by atoms with van der Waals surface area (Å²) in [5, 5.41) is 12.4. The smallest absolute Gasteiger partial charge is 0.255 e. The number of nitrogens with zero attached hydrogens (tertiary/aromatic N) is 1. The molecule has 0 atom stereocenters. The molecule has 3 rings (SSSR count). The molecule has 0 bridgehead atoms. The Bertz CT molecular complexity index is 1170. The summed E-state index contributed by atoms with van der Waals surface area (Å²) in [5.41, 5.74) is 1.74. The Kier molecular flexibility index (Phi) is 9.63. The van der Waals surface area contributed by atoms with E-state index in [1.807, 2.05) is 30.3 Å². The highest BCUT2D eigenvalue weighted by Crippen LogP contribution is 2.37. The van der Waals surface area contributed by atoms with Crippen molar-refractivity contribution in [2.24, 2.45) is 0 Å². The van der Waals surface area contributed by atoms with Gasteiger partial charge in [-0.1, -0.05) is 55.8 Å². The summed E-state index contributed by atoms with van der Waals surface area (Å²) in [6, 6.07) is 22.1. The van der Waals surface area contributed by atoms with Crippen molar-refractivity contribution in [1.29, 1.82) is 5.26 Å². The van der Waals surface area contributed by atoms with Gasteiger partial charge in [0.25, 0.3) is 5.91 Å². The Labute approximate surface area is 205 Å². The Balaban J connectivity index is 1.69. The maximum atomic E-state index is 12.9. The molecule has 0 saturated carbocycles. The fourth-order valence-corrected chi connectivity index (χ4v) is 4.14. The van der Waals surface area contributed by atoms with Crippen molar-refractivity contribution >= 4 is 23.4 Å². The van der Waals surface area contributed by atoms with Crippen LogP contribution in [0.5, 0.6) is 11.5 Å². The fraction of sp³-hybridized carbons (Fsp3) is 0.214. The van der Waals surface area contributed by atoms with E-state index in [-0.39, 0.29) is 5.91 Å². The Morgan fingerprint density at radius 2 is 1.79 bits per heavy atom. The molecule has 0 unspecified atom stereocenters. The second kappa shape index (κ2) is 13.1. The van der Waals surface area contributed by atoms with Gasteiger partial charge in [-0.15, -0.1) is 0 Å². The minimum Gasteiger partial charge on any atom is -0.497 e. The van der Waals surface area contributed by atoms with E-state index in [9.17, 15) is 10.1 Å². The molecule has 0 aliphatic heterocycles. The summed E-state index contributed by atoms with van der Waals surface area (Å²) in [7, 11) is 1.59. The topological polar surface area (TPSA) is 71.3 Å². The average molecular weight is 473 g/mol. The molecule has 3 aromatic carbocycles. The number of rotatable bonds is 11. The Morgan fingerprint density at radius 3 is 2.53 bits per heavy atom. The largest absolute Gasteiger partial charge is 0.497 e. The zero-order chi connectivity index (χ0) is 24.2. The number of unbranched alkanes of at least 4 members (excludes halogenated alkanes) is 2. The second-order valence-corrected chi connectivity index (χ2v) is 8.56. The zero-order valence-electron chi connectivity index (χ0n) is 19.4. The molecule has 34 heavy (non-hydrogen) atoms. The van der Waals surface area contributed by atoms with Crippen LogP contribution >= 0.6 is 11.8 Å². The molecule has 0 spiro atoms. The molecule has 5 nitrogen and oxygen atoms in total. The van der Waals surface area contributed by atoms with Gasteiger partial charge in [0, 0.05) is 15.4 Å². The monoisotopic (exact) mass is 472 g/mol. The van der Waals surface area contributed by atoms with E-state index in [1.165, 1.54) is 24.6 Å². The lowest BCUT2D eigenvalue weighted by atomic mass is 10.2. The van der Waals surface area contributed by atoms with Gasteiger partial charge in [-0.05, 0) is 61.0 Å².